The van der Waals surface area contributed by atoms with E-state index in [1.165, 1.54) is 0 Å². The van der Waals surface area contributed by atoms with E-state index in [0.717, 1.165) is 31.7 Å². The van der Waals surface area contributed by atoms with E-state index in [1.807, 2.05) is 11.0 Å². The number of carbonyl (C=O) groups excluding carboxylic acids is 1. The third kappa shape index (κ3) is 3.11. The van der Waals surface area contributed by atoms with Gasteiger partial charge in [-0.05, 0) is 25.1 Å². The second-order valence-corrected chi connectivity index (χ2v) is 4.98. The van der Waals surface area contributed by atoms with E-state index in [1.54, 1.807) is 12.3 Å². The molecule has 1 atom stereocenters. The minimum Gasteiger partial charge on any atom is -0.334 e. The SMILES string of the molecule is CCN1CCN(C(=O)c2ccc(CN)cn2)CC1C. The van der Waals surface area contributed by atoms with Crippen molar-refractivity contribution in [1.82, 2.24) is 14.8 Å². The van der Waals surface area contributed by atoms with Crippen LogP contribution in [0.1, 0.15) is 29.9 Å². The highest BCUT2D eigenvalue weighted by Gasteiger charge is 2.26. The van der Waals surface area contributed by atoms with Crippen molar-refractivity contribution in [2.45, 2.75) is 26.4 Å². The van der Waals surface area contributed by atoms with Crippen LogP contribution >= 0.6 is 0 Å². The molecule has 1 aliphatic rings. The van der Waals surface area contributed by atoms with Crippen LogP contribution in [0.5, 0.6) is 0 Å². The summed E-state index contributed by atoms with van der Waals surface area (Å²) >= 11 is 0. The molecule has 0 radical (unpaired) electrons. The van der Waals surface area contributed by atoms with Gasteiger partial charge in [0.2, 0.25) is 0 Å². The summed E-state index contributed by atoms with van der Waals surface area (Å²) in [5.41, 5.74) is 6.98. The number of aromatic nitrogens is 1. The Labute approximate surface area is 114 Å². The van der Waals surface area contributed by atoms with Gasteiger partial charge in [-0.25, -0.2) is 0 Å². The first-order chi connectivity index (χ1) is 9.15. The summed E-state index contributed by atoms with van der Waals surface area (Å²) in [6.07, 6.45) is 1.68. The Morgan fingerprint density at radius 3 is 2.79 bits per heavy atom. The van der Waals surface area contributed by atoms with Crippen LogP contribution < -0.4 is 5.73 Å². The smallest absolute Gasteiger partial charge is 0.272 e. The summed E-state index contributed by atoms with van der Waals surface area (Å²) in [6.45, 7) is 8.28. The molecule has 0 saturated carbocycles. The van der Waals surface area contributed by atoms with Gasteiger partial charge < -0.3 is 10.6 Å². The van der Waals surface area contributed by atoms with Crippen molar-refractivity contribution in [1.29, 1.82) is 0 Å². The number of hydrogen-bond donors (Lipinski definition) is 1. The number of rotatable bonds is 3. The van der Waals surface area contributed by atoms with Gasteiger partial charge >= 0.3 is 0 Å². The Bertz CT molecular complexity index is 432. The summed E-state index contributed by atoms with van der Waals surface area (Å²) in [5, 5.41) is 0. The van der Waals surface area contributed by atoms with Gasteiger partial charge in [-0.3, -0.25) is 14.7 Å². The normalized spacial score (nSPS) is 20.6. The van der Waals surface area contributed by atoms with E-state index in [4.69, 9.17) is 5.73 Å². The van der Waals surface area contributed by atoms with Crippen LogP contribution in [0.25, 0.3) is 0 Å². The lowest BCUT2D eigenvalue weighted by molar-refractivity contribution is 0.0523. The van der Waals surface area contributed by atoms with Crippen molar-refractivity contribution >= 4 is 5.91 Å². The maximum absolute atomic E-state index is 12.4. The lowest BCUT2D eigenvalue weighted by atomic mass is 10.1. The Hall–Kier alpha value is -1.46. The molecule has 0 aliphatic carbocycles. The maximum Gasteiger partial charge on any atom is 0.272 e. The summed E-state index contributed by atoms with van der Waals surface area (Å²) < 4.78 is 0. The first-order valence-corrected chi connectivity index (χ1v) is 6.84. The summed E-state index contributed by atoms with van der Waals surface area (Å²) in [5.74, 6) is 0.0196. The number of carbonyl (C=O) groups is 1. The van der Waals surface area contributed by atoms with Gasteiger partial charge in [0.15, 0.2) is 0 Å². The second-order valence-electron chi connectivity index (χ2n) is 4.98. The molecule has 1 fully saturated rings. The fraction of sp³-hybridized carbons (Fsp3) is 0.571. The van der Waals surface area contributed by atoms with Gasteiger partial charge in [0, 0.05) is 38.4 Å². The van der Waals surface area contributed by atoms with Gasteiger partial charge in [-0.2, -0.15) is 0 Å². The molecule has 0 spiro atoms. The topological polar surface area (TPSA) is 62.5 Å². The number of hydrogen-bond acceptors (Lipinski definition) is 4. The molecule has 1 aromatic rings. The molecule has 104 valence electrons. The van der Waals surface area contributed by atoms with E-state index in [-0.39, 0.29) is 5.91 Å². The molecule has 1 amide bonds. The Morgan fingerprint density at radius 1 is 1.47 bits per heavy atom. The summed E-state index contributed by atoms with van der Waals surface area (Å²) in [6, 6.07) is 4.04. The predicted molar refractivity (Wildman–Crippen MR) is 74.7 cm³/mol. The number of pyridine rings is 1. The summed E-state index contributed by atoms with van der Waals surface area (Å²) in [4.78, 5) is 20.8. The molecule has 2 rings (SSSR count). The molecule has 1 unspecified atom stereocenters. The third-order valence-electron chi connectivity index (χ3n) is 3.74. The molecule has 2 heterocycles. The fourth-order valence-electron chi connectivity index (χ4n) is 2.48. The van der Waals surface area contributed by atoms with Crippen LogP contribution in [-0.2, 0) is 6.54 Å². The fourth-order valence-corrected chi connectivity index (χ4v) is 2.48. The Kier molecular flexibility index (Phi) is 4.50. The highest BCUT2D eigenvalue weighted by Crippen LogP contribution is 2.12. The van der Waals surface area contributed by atoms with Crippen molar-refractivity contribution in [3.63, 3.8) is 0 Å². The number of likely N-dealkylation sites (N-methyl/N-ethyl adjacent to an activating group) is 1. The summed E-state index contributed by atoms with van der Waals surface area (Å²) in [7, 11) is 0. The van der Waals surface area contributed by atoms with E-state index in [0.29, 0.717) is 18.3 Å². The lowest BCUT2D eigenvalue weighted by Crippen LogP contribution is -2.53. The molecule has 2 N–H and O–H groups in total. The van der Waals surface area contributed by atoms with Gasteiger partial charge in [0.05, 0.1) is 0 Å². The third-order valence-corrected chi connectivity index (χ3v) is 3.74. The standard InChI is InChI=1S/C14H22N4O/c1-3-17-6-7-18(10-11(17)2)14(19)13-5-4-12(8-15)9-16-13/h4-5,9,11H,3,6-8,10,15H2,1-2H3. The van der Waals surface area contributed by atoms with E-state index >= 15 is 0 Å². The highest BCUT2D eigenvalue weighted by molar-refractivity contribution is 5.92. The molecule has 5 heteroatoms. The largest absolute Gasteiger partial charge is 0.334 e. The molecular formula is C14H22N4O. The van der Waals surface area contributed by atoms with E-state index < -0.39 is 0 Å². The monoisotopic (exact) mass is 262 g/mol. The highest BCUT2D eigenvalue weighted by atomic mass is 16.2. The molecule has 0 aromatic carbocycles. The zero-order valence-electron chi connectivity index (χ0n) is 11.7. The van der Waals surface area contributed by atoms with Gasteiger partial charge in [0.25, 0.3) is 5.91 Å². The number of nitrogens with two attached hydrogens (primary N) is 1. The average Bonchev–Trinajstić information content (AvgIpc) is 2.46. The van der Waals surface area contributed by atoms with E-state index in [9.17, 15) is 4.79 Å². The predicted octanol–water partition coefficient (Wildman–Crippen LogP) is 0.707. The number of piperazine rings is 1. The van der Waals surface area contributed by atoms with Crippen molar-refractivity contribution in [2.24, 2.45) is 5.73 Å². The number of nitrogens with zero attached hydrogens (tertiary/aromatic N) is 3. The zero-order chi connectivity index (χ0) is 13.8. The first-order valence-electron chi connectivity index (χ1n) is 6.84. The Morgan fingerprint density at radius 2 is 2.26 bits per heavy atom. The van der Waals surface area contributed by atoms with Gasteiger partial charge in [0.1, 0.15) is 5.69 Å². The molecule has 1 aliphatic heterocycles. The van der Waals surface area contributed by atoms with Crippen molar-refractivity contribution < 1.29 is 4.79 Å². The van der Waals surface area contributed by atoms with Crippen LogP contribution in [0.4, 0.5) is 0 Å². The minimum absolute atomic E-state index is 0.0196. The van der Waals surface area contributed by atoms with Crippen LogP contribution in [-0.4, -0.2) is 52.9 Å². The van der Waals surface area contributed by atoms with Crippen molar-refractivity contribution in [3.05, 3.63) is 29.6 Å². The Balaban J connectivity index is 2.03. The van der Waals surface area contributed by atoms with Crippen LogP contribution in [0.3, 0.4) is 0 Å². The molecule has 1 aromatic heterocycles. The van der Waals surface area contributed by atoms with E-state index in [2.05, 4.69) is 23.7 Å². The molecular weight excluding hydrogens is 240 g/mol. The molecule has 1 saturated heterocycles. The number of amides is 1. The second kappa shape index (κ2) is 6.12. The van der Waals surface area contributed by atoms with Crippen LogP contribution in [0.2, 0.25) is 0 Å². The lowest BCUT2D eigenvalue weighted by Gasteiger charge is -2.39. The molecule has 0 bridgehead atoms. The van der Waals surface area contributed by atoms with Crippen LogP contribution in [0, 0.1) is 0 Å². The zero-order valence-corrected chi connectivity index (χ0v) is 11.7. The average molecular weight is 262 g/mol. The first kappa shape index (κ1) is 14.0. The van der Waals surface area contributed by atoms with Crippen LogP contribution in [0.15, 0.2) is 18.3 Å². The van der Waals surface area contributed by atoms with Gasteiger partial charge in [-0.1, -0.05) is 13.0 Å². The molecule has 19 heavy (non-hydrogen) atoms. The van der Waals surface area contributed by atoms with Crippen molar-refractivity contribution in [3.8, 4) is 0 Å². The maximum atomic E-state index is 12.4. The van der Waals surface area contributed by atoms with Crippen molar-refractivity contribution in [2.75, 3.05) is 26.2 Å². The molecule has 5 nitrogen and oxygen atoms in total. The van der Waals surface area contributed by atoms with Gasteiger partial charge in [-0.15, -0.1) is 0 Å². The minimum atomic E-state index is 0.0196. The quantitative estimate of drug-likeness (QED) is 0.871.